The second-order valence-electron chi connectivity index (χ2n) is 6.97. The van der Waals surface area contributed by atoms with Crippen molar-refractivity contribution < 1.29 is 14.0 Å². The van der Waals surface area contributed by atoms with Crippen molar-refractivity contribution in [2.45, 2.75) is 12.8 Å². The number of benzene rings is 1. The van der Waals surface area contributed by atoms with Crippen LogP contribution in [0.25, 0.3) is 11.4 Å². The van der Waals surface area contributed by atoms with Crippen molar-refractivity contribution in [3.05, 3.63) is 66.2 Å². The van der Waals surface area contributed by atoms with Crippen LogP contribution in [-0.2, 0) is 4.79 Å². The van der Waals surface area contributed by atoms with E-state index >= 15 is 0 Å². The summed E-state index contributed by atoms with van der Waals surface area (Å²) in [4.78, 5) is 31.3. The topological polar surface area (TPSA) is 91.0 Å². The molecule has 7 nitrogen and oxygen atoms in total. The Balaban J connectivity index is 1.41. The molecule has 29 heavy (non-hydrogen) atoms. The highest BCUT2D eigenvalue weighted by Crippen LogP contribution is 2.22. The van der Waals surface area contributed by atoms with Crippen LogP contribution >= 0.6 is 0 Å². The Morgan fingerprint density at radius 1 is 1.14 bits per heavy atom. The van der Waals surface area contributed by atoms with E-state index < -0.39 is 0 Å². The maximum Gasteiger partial charge on any atom is 0.271 e. The van der Waals surface area contributed by atoms with Crippen LogP contribution in [0.3, 0.4) is 0 Å². The van der Waals surface area contributed by atoms with E-state index in [0.29, 0.717) is 42.3 Å². The summed E-state index contributed by atoms with van der Waals surface area (Å²) in [6.45, 7) is 0.904. The molecule has 148 valence electrons. The number of carbonyl (C=O) groups is 2. The van der Waals surface area contributed by atoms with Gasteiger partial charge in [-0.15, -0.1) is 0 Å². The van der Waals surface area contributed by atoms with Crippen LogP contribution < -0.4 is 5.32 Å². The number of pyridine rings is 1. The Labute approximate surface area is 167 Å². The number of rotatable bonds is 4. The number of amides is 2. The largest absolute Gasteiger partial charge is 0.337 e. The zero-order valence-corrected chi connectivity index (χ0v) is 15.6. The second kappa shape index (κ2) is 8.22. The van der Waals surface area contributed by atoms with Crippen molar-refractivity contribution in [2.24, 2.45) is 5.92 Å². The Morgan fingerprint density at radius 3 is 2.72 bits per heavy atom. The number of likely N-dealkylation sites (tertiary alicyclic amines) is 1. The van der Waals surface area contributed by atoms with Gasteiger partial charge >= 0.3 is 0 Å². The molecule has 0 bridgehead atoms. The quantitative estimate of drug-likeness (QED) is 0.713. The van der Waals surface area contributed by atoms with Crippen molar-refractivity contribution in [3.8, 4) is 11.4 Å². The molecule has 3 heterocycles. The molecule has 8 heteroatoms. The molecule has 0 radical (unpaired) electrons. The van der Waals surface area contributed by atoms with E-state index in [9.17, 15) is 14.0 Å². The molecule has 3 aromatic rings. The fourth-order valence-corrected chi connectivity index (χ4v) is 3.40. The number of anilines is 1. The van der Waals surface area contributed by atoms with E-state index in [1.807, 2.05) is 18.2 Å². The Morgan fingerprint density at radius 2 is 1.97 bits per heavy atom. The highest BCUT2D eigenvalue weighted by Gasteiger charge is 2.29. The maximum absolute atomic E-state index is 13.0. The van der Waals surface area contributed by atoms with Crippen LogP contribution in [0.5, 0.6) is 0 Å². The third-order valence-electron chi connectivity index (χ3n) is 4.93. The molecule has 1 aliphatic heterocycles. The van der Waals surface area contributed by atoms with Crippen molar-refractivity contribution in [1.29, 1.82) is 0 Å². The molecule has 2 N–H and O–H groups in total. The molecular weight excluding hydrogens is 373 g/mol. The summed E-state index contributed by atoms with van der Waals surface area (Å²) in [6.07, 6.45) is 3.09. The molecule has 0 spiro atoms. The summed E-state index contributed by atoms with van der Waals surface area (Å²) in [7, 11) is 0. The minimum atomic E-state index is -0.359. The number of nitrogens with zero attached hydrogens (tertiary/aromatic N) is 3. The number of piperidine rings is 1. The minimum absolute atomic E-state index is 0.173. The average Bonchev–Trinajstić information content (AvgIpc) is 3.26. The lowest BCUT2D eigenvalue weighted by Crippen LogP contribution is -2.43. The van der Waals surface area contributed by atoms with Crippen LogP contribution in [0.2, 0.25) is 0 Å². The molecule has 1 fully saturated rings. The number of H-pyrrole nitrogens is 1. The van der Waals surface area contributed by atoms with Gasteiger partial charge in [-0.1, -0.05) is 6.07 Å². The first-order valence-electron chi connectivity index (χ1n) is 9.42. The predicted molar refractivity (Wildman–Crippen MR) is 105 cm³/mol. The number of nitrogens with one attached hydrogen (secondary N) is 2. The van der Waals surface area contributed by atoms with Crippen molar-refractivity contribution in [3.63, 3.8) is 0 Å². The van der Waals surface area contributed by atoms with E-state index in [1.54, 1.807) is 17.2 Å². The number of carbonyl (C=O) groups excluding carboxylic acids is 2. The summed E-state index contributed by atoms with van der Waals surface area (Å²) in [5.74, 6) is -1.05. The molecule has 0 unspecified atom stereocenters. The Hall–Kier alpha value is -3.55. The monoisotopic (exact) mass is 393 g/mol. The summed E-state index contributed by atoms with van der Waals surface area (Å²) in [5.41, 5.74) is 2.17. The highest BCUT2D eigenvalue weighted by atomic mass is 19.1. The number of hydrogen-bond acceptors (Lipinski definition) is 4. The Kier molecular flexibility index (Phi) is 5.33. The molecule has 0 saturated carbocycles. The average molecular weight is 393 g/mol. The first-order chi connectivity index (χ1) is 14.1. The Bertz CT molecular complexity index is 1000. The molecule has 4 rings (SSSR count). The van der Waals surface area contributed by atoms with Gasteiger partial charge in [0.2, 0.25) is 5.91 Å². The first-order valence-corrected chi connectivity index (χ1v) is 9.42. The molecule has 2 aromatic heterocycles. The highest BCUT2D eigenvalue weighted by molar-refractivity contribution is 5.95. The molecular formula is C21H20FN5O2. The molecule has 2 amide bonds. The third-order valence-corrected chi connectivity index (χ3v) is 4.93. The van der Waals surface area contributed by atoms with Gasteiger partial charge in [0.1, 0.15) is 17.2 Å². The lowest BCUT2D eigenvalue weighted by Gasteiger charge is -2.31. The van der Waals surface area contributed by atoms with E-state index in [4.69, 9.17) is 0 Å². The summed E-state index contributed by atoms with van der Waals surface area (Å²) in [6, 6.07) is 12.8. The van der Waals surface area contributed by atoms with Gasteiger partial charge in [-0.3, -0.25) is 19.7 Å². The summed E-state index contributed by atoms with van der Waals surface area (Å²) < 4.78 is 13.0. The number of hydrogen-bond donors (Lipinski definition) is 2. The van der Waals surface area contributed by atoms with Gasteiger partial charge < -0.3 is 10.2 Å². The first kappa shape index (κ1) is 18.8. The van der Waals surface area contributed by atoms with Gasteiger partial charge in [0.25, 0.3) is 5.91 Å². The van der Waals surface area contributed by atoms with E-state index in [0.717, 1.165) is 6.42 Å². The molecule has 1 saturated heterocycles. The zero-order valence-electron chi connectivity index (χ0n) is 15.6. The normalized spacial score (nSPS) is 16.4. The predicted octanol–water partition coefficient (Wildman–Crippen LogP) is 3.10. The fraction of sp³-hybridized carbons (Fsp3) is 0.238. The fourth-order valence-electron chi connectivity index (χ4n) is 3.40. The van der Waals surface area contributed by atoms with Crippen LogP contribution in [0.1, 0.15) is 23.3 Å². The van der Waals surface area contributed by atoms with Crippen LogP contribution in [-0.4, -0.2) is 45.0 Å². The van der Waals surface area contributed by atoms with Crippen molar-refractivity contribution in [1.82, 2.24) is 20.1 Å². The smallest absolute Gasteiger partial charge is 0.271 e. The van der Waals surface area contributed by atoms with Gasteiger partial charge in [0, 0.05) is 25.0 Å². The lowest BCUT2D eigenvalue weighted by molar-refractivity contribution is -0.121. The van der Waals surface area contributed by atoms with Gasteiger partial charge in [-0.2, -0.15) is 5.10 Å². The van der Waals surface area contributed by atoms with Crippen molar-refractivity contribution in [2.75, 3.05) is 18.4 Å². The minimum Gasteiger partial charge on any atom is -0.337 e. The van der Waals surface area contributed by atoms with E-state index in [1.165, 1.54) is 24.3 Å². The van der Waals surface area contributed by atoms with Crippen molar-refractivity contribution >= 4 is 17.5 Å². The van der Waals surface area contributed by atoms with Crippen LogP contribution in [0.4, 0.5) is 10.1 Å². The zero-order chi connectivity index (χ0) is 20.2. The lowest BCUT2D eigenvalue weighted by atomic mass is 9.96. The third kappa shape index (κ3) is 4.31. The second-order valence-corrected chi connectivity index (χ2v) is 6.97. The van der Waals surface area contributed by atoms with Gasteiger partial charge in [0.05, 0.1) is 11.6 Å². The molecule has 1 aromatic carbocycles. The van der Waals surface area contributed by atoms with Crippen LogP contribution in [0, 0.1) is 11.7 Å². The molecule has 1 atom stereocenters. The molecule has 0 aliphatic carbocycles. The maximum atomic E-state index is 13.0. The SMILES string of the molecule is O=C(Nc1ccc(F)cc1)[C@@H]1CCCN(C(=O)c2cc(-c3ccccn3)n[nH]2)C1. The summed E-state index contributed by atoms with van der Waals surface area (Å²) >= 11 is 0. The summed E-state index contributed by atoms with van der Waals surface area (Å²) in [5, 5.41) is 9.74. The van der Waals surface area contributed by atoms with Crippen LogP contribution in [0.15, 0.2) is 54.7 Å². The van der Waals surface area contributed by atoms with Gasteiger partial charge in [-0.25, -0.2) is 4.39 Å². The van der Waals surface area contributed by atoms with Gasteiger partial charge in [0.15, 0.2) is 0 Å². The molecule has 1 aliphatic rings. The number of halogens is 1. The van der Waals surface area contributed by atoms with Gasteiger partial charge in [-0.05, 0) is 55.3 Å². The number of aromatic nitrogens is 3. The van der Waals surface area contributed by atoms with E-state index in [-0.39, 0.29) is 23.5 Å². The number of aromatic amines is 1. The standard InChI is InChI=1S/C21H20FN5O2/c22-15-6-8-16(9-7-15)24-20(28)14-4-3-11-27(13-14)21(29)19-12-18(25-26-19)17-5-1-2-10-23-17/h1-2,5-10,12,14H,3-4,11,13H2,(H,24,28)(H,25,26)/t14-/m1/s1. The van der Waals surface area contributed by atoms with E-state index in [2.05, 4.69) is 20.5 Å².